The van der Waals surface area contributed by atoms with Crippen LogP contribution >= 0.6 is 0 Å². The van der Waals surface area contributed by atoms with Crippen molar-refractivity contribution in [2.45, 2.75) is 69.9 Å². The van der Waals surface area contributed by atoms with E-state index in [1.165, 1.54) is 0 Å². The molecule has 1 unspecified atom stereocenters. The molecule has 0 saturated carbocycles. The average molecular weight is 478 g/mol. The minimum atomic E-state index is -1.04. The van der Waals surface area contributed by atoms with E-state index in [4.69, 9.17) is 5.41 Å². The lowest BCUT2D eigenvalue weighted by Gasteiger charge is -2.32. The Morgan fingerprint density at radius 2 is 1.97 bits per heavy atom. The summed E-state index contributed by atoms with van der Waals surface area (Å²) in [6.07, 6.45) is 6.01. The summed E-state index contributed by atoms with van der Waals surface area (Å²) in [4.78, 5) is 32.0. The number of Topliss-reactive ketones (excluding diaryl/α,β-unsaturated/α-hetero) is 1. The van der Waals surface area contributed by atoms with E-state index >= 15 is 0 Å². The van der Waals surface area contributed by atoms with Crippen LogP contribution in [0.3, 0.4) is 0 Å². The van der Waals surface area contributed by atoms with Crippen molar-refractivity contribution in [2.75, 3.05) is 13.1 Å². The summed E-state index contributed by atoms with van der Waals surface area (Å²) in [7, 11) is 0. The molecule has 1 aromatic carbocycles. The van der Waals surface area contributed by atoms with E-state index in [1.54, 1.807) is 6.20 Å². The fraction of sp³-hybridized carbons (Fsp3) is 0.481. The van der Waals surface area contributed by atoms with Crippen molar-refractivity contribution in [1.82, 2.24) is 20.6 Å². The minimum absolute atomic E-state index is 0.000457. The Bertz CT molecular complexity index is 1060. The molecule has 2 heterocycles. The van der Waals surface area contributed by atoms with E-state index in [9.17, 15) is 14.7 Å². The average Bonchev–Trinajstić information content (AvgIpc) is 3.36. The van der Waals surface area contributed by atoms with Gasteiger partial charge in [0.2, 0.25) is 0 Å². The SMILES string of the molecule is CCC(=O)CCCCC#CC(NC(=O)C(=N)CC1(O)CCNCC1)c1ncc(-c2ccccc2)[nH]1. The molecule has 1 atom stereocenters. The van der Waals surface area contributed by atoms with E-state index in [0.29, 0.717) is 51.0 Å². The van der Waals surface area contributed by atoms with Gasteiger partial charge in [0, 0.05) is 25.7 Å². The van der Waals surface area contributed by atoms with Crippen LogP contribution in [0.2, 0.25) is 0 Å². The van der Waals surface area contributed by atoms with E-state index < -0.39 is 17.6 Å². The van der Waals surface area contributed by atoms with Crippen molar-refractivity contribution in [2.24, 2.45) is 0 Å². The molecular formula is C27H35N5O3. The van der Waals surface area contributed by atoms with Crippen molar-refractivity contribution >= 4 is 17.4 Å². The normalized spacial score (nSPS) is 15.5. The fourth-order valence-corrected chi connectivity index (χ4v) is 4.00. The van der Waals surface area contributed by atoms with Crippen molar-refractivity contribution in [3.8, 4) is 23.1 Å². The summed E-state index contributed by atoms with van der Waals surface area (Å²) in [5.74, 6) is 6.34. The molecule has 1 amide bonds. The van der Waals surface area contributed by atoms with Gasteiger partial charge in [-0.2, -0.15) is 0 Å². The molecular weight excluding hydrogens is 442 g/mol. The molecule has 1 aliphatic heterocycles. The number of amides is 1. The number of carbonyl (C=O) groups is 2. The van der Waals surface area contributed by atoms with Gasteiger partial charge in [0.1, 0.15) is 17.6 Å². The van der Waals surface area contributed by atoms with Crippen LogP contribution in [-0.2, 0) is 9.59 Å². The smallest absolute Gasteiger partial charge is 0.266 e. The fourth-order valence-electron chi connectivity index (χ4n) is 4.00. The minimum Gasteiger partial charge on any atom is -0.389 e. The quantitative estimate of drug-likeness (QED) is 0.193. The standard InChI is InChI=1S/C27H35N5O3/c1-2-21(33)12-8-3-4-9-13-23(25-30-19-24(31-25)20-10-6-5-7-11-20)32-26(34)22(28)18-27(35)14-16-29-17-15-27/h5-7,10-11,19,23,28-29,35H,2-4,8,12,14-18H2,1H3,(H,30,31)(H,32,34). The first-order valence-electron chi connectivity index (χ1n) is 12.3. The molecule has 1 aliphatic rings. The molecule has 35 heavy (non-hydrogen) atoms. The van der Waals surface area contributed by atoms with Gasteiger partial charge >= 0.3 is 0 Å². The summed E-state index contributed by atoms with van der Waals surface area (Å²) in [5, 5.41) is 25.0. The summed E-state index contributed by atoms with van der Waals surface area (Å²) < 4.78 is 0. The molecule has 2 aromatic rings. The molecule has 0 radical (unpaired) electrons. The maximum atomic E-state index is 12.9. The molecule has 0 bridgehead atoms. The molecule has 8 nitrogen and oxygen atoms in total. The number of aromatic amines is 1. The number of H-pyrrole nitrogens is 1. The molecule has 1 saturated heterocycles. The maximum Gasteiger partial charge on any atom is 0.266 e. The third-order valence-electron chi connectivity index (χ3n) is 6.19. The first kappa shape index (κ1) is 26.3. The summed E-state index contributed by atoms with van der Waals surface area (Å²) in [6, 6.07) is 9.01. The first-order valence-corrected chi connectivity index (χ1v) is 12.3. The second-order valence-electron chi connectivity index (χ2n) is 9.00. The topological polar surface area (TPSA) is 131 Å². The zero-order valence-corrected chi connectivity index (χ0v) is 20.3. The van der Waals surface area contributed by atoms with Gasteiger partial charge in [0.15, 0.2) is 0 Å². The Morgan fingerprint density at radius 1 is 1.23 bits per heavy atom. The first-order chi connectivity index (χ1) is 16.9. The van der Waals surface area contributed by atoms with Crippen LogP contribution in [0, 0.1) is 17.3 Å². The van der Waals surface area contributed by atoms with Gasteiger partial charge in [-0.3, -0.25) is 15.0 Å². The van der Waals surface area contributed by atoms with Crippen LogP contribution in [-0.4, -0.2) is 51.2 Å². The number of aromatic nitrogens is 2. The van der Waals surface area contributed by atoms with Gasteiger partial charge in [-0.05, 0) is 44.3 Å². The molecule has 3 rings (SSSR count). The highest BCUT2D eigenvalue weighted by atomic mass is 16.3. The van der Waals surface area contributed by atoms with Gasteiger partial charge in [0.05, 0.1) is 23.2 Å². The molecule has 1 fully saturated rings. The maximum absolute atomic E-state index is 12.9. The van der Waals surface area contributed by atoms with Crippen LogP contribution in [0.25, 0.3) is 11.3 Å². The second-order valence-corrected chi connectivity index (χ2v) is 9.00. The Balaban J connectivity index is 1.68. The predicted molar refractivity (Wildman–Crippen MR) is 136 cm³/mol. The number of rotatable bonds is 11. The van der Waals surface area contributed by atoms with Crippen molar-refractivity contribution in [1.29, 1.82) is 5.41 Å². The summed E-state index contributed by atoms with van der Waals surface area (Å²) in [6.45, 7) is 3.19. The number of imidazole rings is 1. The Kier molecular flexibility index (Phi) is 9.76. The lowest BCUT2D eigenvalue weighted by Crippen LogP contribution is -2.45. The number of nitrogens with zero attached hydrogens (tertiary/aromatic N) is 1. The summed E-state index contributed by atoms with van der Waals surface area (Å²) in [5.41, 5.74) is 0.556. The highest BCUT2D eigenvalue weighted by Crippen LogP contribution is 2.23. The number of aliphatic hydroxyl groups is 1. The molecule has 0 aliphatic carbocycles. The third-order valence-corrected chi connectivity index (χ3v) is 6.19. The number of carbonyl (C=O) groups excluding carboxylic acids is 2. The number of hydrogen-bond acceptors (Lipinski definition) is 6. The van der Waals surface area contributed by atoms with Crippen LogP contribution in [0.1, 0.15) is 70.2 Å². The van der Waals surface area contributed by atoms with Crippen molar-refractivity contribution in [3.05, 3.63) is 42.4 Å². The lowest BCUT2D eigenvalue weighted by molar-refractivity contribution is -0.119. The van der Waals surface area contributed by atoms with E-state index in [2.05, 4.69) is 32.4 Å². The molecule has 1 aromatic heterocycles. The Hall–Kier alpha value is -3.28. The number of benzene rings is 1. The van der Waals surface area contributed by atoms with Crippen LogP contribution in [0.4, 0.5) is 0 Å². The van der Waals surface area contributed by atoms with Crippen LogP contribution < -0.4 is 10.6 Å². The highest BCUT2D eigenvalue weighted by Gasteiger charge is 2.32. The van der Waals surface area contributed by atoms with Crippen molar-refractivity contribution in [3.63, 3.8) is 0 Å². The Labute approximate surface area is 206 Å². The van der Waals surface area contributed by atoms with Gasteiger partial charge < -0.3 is 20.7 Å². The summed E-state index contributed by atoms with van der Waals surface area (Å²) >= 11 is 0. The lowest BCUT2D eigenvalue weighted by atomic mass is 9.87. The number of nitrogens with one attached hydrogen (secondary N) is 4. The van der Waals surface area contributed by atoms with Gasteiger partial charge in [-0.25, -0.2) is 4.98 Å². The zero-order chi connectivity index (χ0) is 25.1. The number of ketones is 1. The molecule has 186 valence electrons. The monoisotopic (exact) mass is 477 g/mol. The predicted octanol–water partition coefficient (Wildman–Crippen LogP) is 3.30. The molecule has 5 N–H and O–H groups in total. The van der Waals surface area contributed by atoms with E-state index in [-0.39, 0.29) is 17.9 Å². The number of piperidine rings is 1. The van der Waals surface area contributed by atoms with Crippen molar-refractivity contribution < 1.29 is 14.7 Å². The largest absolute Gasteiger partial charge is 0.389 e. The third kappa shape index (κ3) is 8.16. The highest BCUT2D eigenvalue weighted by molar-refractivity contribution is 6.37. The zero-order valence-electron chi connectivity index (χ0n) is 20.3. The Morgan fingerprint density at radius 3 is 2.69 bits per heavy atom. The van der Waals surface area contributed by atoms with Gasteiger partial charge in [-0.1, -0.05) is 43.2 Å². The number of unbranched alkanes of at least 4 members (excludes halogenated alkanes) is 2. The number of hydrogen-bond donors (Lipinski definition) is 5. The second kappa shape index (κ2) is 13.0. The molecule has 0 spiro atoms. The van der Waals surface area contributed by atoms with Crippen LogP contribution in [0.15, 0.2) is 36.5 Å². The van der Waals surface area contributed by atoms with Crippen LogP contribution in [0.5, 0.6) is 0 Å². The van der Waals surface area contributed by atoms with E-state index in [1.807, 2.05) is 37.3 Å². The van der Waals surface area contributed by atoms with Gasteiger partial charge in [-0.15, -0.1) is 5.92 Å². The van der Waals surface area contributed by atoms with Gasteiger partial charge in [0.25, 0.3) is 5.91 Å². The van der Waals surface area contributed by atoms with E-state index in [0.717, 1.165) is 24.1 Å². The molecule has 8 heteroatoms.